The van der Waals surface area contributed by atoms with Crippen molar-refractivity contribution in [1.29, 1.82) is 5.26 Å². The van der Waals surface area contributed by atoms with Crippen LogP contribution in [-0.4, -0.2) is 36.1 Å². The van der Waals surface area contributed by atoms with Crippen molar-refractivity contribution < 1.29 is 23.8 Å². The molecule has 3 heterocycles. The number of pyridine rings is 1. The van der Waals surface area contributed by atoms with Crippen molar-refractivity contribution >= 4 is 23.8 Å². The van der Waals surface area contributed by atoms with E-state index in [1.54, 1.807) is 25.1 Å². The maximum absolute atomic E-state index is 13.0. The molecule has 2 N–H and O–H groups in total. The van der Waals surface area contributed by atoms with Gasteiger partial charge in [-0.3, -0.25) is 0 Å². The van der Waals surface area contributed by atoms with Crippen molar-refractivity contribution in [1.82, 2.24) is 15.6 Å². The highest BCUT2D eigenvalue weighted by Gasteiger charge is 2.34. The maximum atomic E-state index is 13.0. The van der Waals surface area contributed by atoms with Gasteiger partial charge in [-0.1, -0.05) is 17.8 Å². The predicted molar refractivity (Wildman–Crippen MR) is 120 cm³/mol. The number of amides is 2. The molecule has 0 saturated carbocycles. The smallest absolute Gasteiger partial charge is 0.338 e. The van der Waals surface area contributed by atoms with Crippen molar-refractivity contribution in [3.05, 3.63) is 57.9 Å². The van der Waals surface area contributed by atoms with Gasteiger partial charge >= 0.3 is 12.0 Å². The second-order valence-electron chi connectivity index (χ2n) is 7.42. The van der Waals surface area contributed by atoms with Crippen molar-refractivity contribution in [3.8, 4) is 17.6 Å². The fraction of sp³-hybridized carbons (Fsp3) is 0.304. The minimum absolute atomic E-state index is 0.115. The number of aryl methyl sites for hydroxylation is 2. The number of carbonyl (C=O) groups is 2. The van der Waals surface area contributed by atoms with Crippen molar-refractivity contribution in [3.63, 3.8) is 0 Å². The van der Waals surface area contributed by atoms with Gasteiger partial charge in [0.15, 0.2) is 11.5 Å². The molecule has 4 rings (SSSR count). The molecule has 33 heavy (non-hydrogen) atoms. The Kier molecular flexibility index (Phi) is 6.42. The number of carbonyl (C=O) groups excluding carboxylic acids is 2. The molecule has 2 aliphatic rings. The standard InChI is InChI=1S/C23H22N4O5S/c1-4-30-22(28)19-16(10-33-21-15(9-24)12(2)7-13(3)25-21)26-23(29)27-20(19)14-5-6-17-18(8-14)32-11-31-17/h5-8,20H,4,10-11H2,1-3H3,(H2,26,27,29)/t20-/m1/s1. The normalized spacial score (nSPS) is 16.7. The summed E-state index contributed by atoms with van der Waals surface area (Å²) in [5, 5.41) is 15.6. The molecule has 10 heteroatoms. The zero-order valence-corrected chi connectivity index (χ0v) is 19.2. The highest BCUT2D eigenvalue weighted by molar-refractivity contribution is 7.99. The largest absolute Gasteiger partial charge is 0.463 e. The number of rotatable bonds is 6. The van der Waals surface area contributed by atoms with E-state index in [0.717, 1.165) is 11.3 Å². The van der Waals surface area contributed by atoms with Crippen LogP contribution in [0.2, 0.25) is 0 Å². The van der Waals surface area contributed by atoms with Gasteiger partial charge in [-0.15, -0.1) is 0 Å². The first-order chi connectivity index (χ1) is 15.9. The molecule has 2 amide bonds. The molecule has 0 saturated heterocycles. The minimum atomic E-state index is -0.745. The van der Waals surface area contributed by atoms with Crippen LogP contribution in [0, 0.1) is 25.2 Å². The Morgan fingerprint density at radius 3 is 2.85 bits per heavy atom. The summed E-state index contributed by atoms with van der Waals surface area (Å²) < 4.78 is 16.1. The van der Waals surface area contributed by atoms with E-state index < -0.39 is 18.0 Å². The molecule has 1 aromatic carbocycles. The second kappa shape index (κ2) is 9.42. The van der Waals surface area contributed by atoms with Crippen molar-refractivity contribution in [2.75, 3.05) is 19.2 Å². The minimum Gasteiger partial charge on any atom is -0.463 e. The molecule has 2 aliphatic heterocycles. The van der Waals surface area contributed by atoms with Crippen molar-refractivity contribution in [2.24, 2.45) is 0 Å². The van der Waals surface area contributed by atoms with Crippen LogP contribution >= 0.6 is 11.8 Å². The second-order valence-corrected chi connectivity index (χ2v) is 8.38. The van der Waals surface area contributed by atoms with Gasteiger partial charge in [0.25, 0.3) is 0 Å². The highest BCUT2D eigenvalue weighted by atomic mass is 32.2. The van der Waals surface area contributed by atoms with Crippen molar-refractivity contribution in [2.45, 2.75) is 31.8 Å². The Bertz CT molecular complexity index is 1200. The lowest BCUT2D eigenvalue weighted by atomic mass is 9.95. The number of ether oxygens (including phenoxy) is 3. The van der Waals surface area contributed by atoms with E-state index in [4.69, 9.17) is 14.2 Å². The van der Waals surface area contributed by atoms with Gasteiger partial charge in [0, 0.05) is 17.1 Å². The lowest BCUT2D eigenvalue weighted by Crippen LogP contribution is -2.46. The number of hydrogen-bond donors (Lipinski definition) is 2. The zero-order valence-electron chi connectivity index (χ0n) is 18.4. The third kappa shape index (κ3) is 4.59. The fourth-order valence-corrected chi connectivity index (χ4v) is 4.78. The van der Waals surface area contributed by atoms with E-state index in [9.17, 15) is 14.9 Å². The predicted octanol–water partition coefficient (Wildman–Crippen LogP) is 3.26. The van der Waals surface area contributed by atoms with E-state index in [1.165, 1.54) is 11.8 Å². The van der Waals surface area contributed by atoms with Crippen LogP contribution in [0.4, 0.5) is 4.79 Å². The number of thioether (sulfide) groups is 1. The summed E-state index contributed by atoms with van der Waals surface area (Å²) in [7, 11) is 0. The number of nitrogens with zero attached hydrogens (tertiary/aromatic N) is 2. The first-order valence-corrected chi connectivity index (χ1v) is 11.3. The monoisotopic (exact) mass is 466 g/mol. The molecular weight excluding hydrogens is 444 g/mol. The van der Waals surface area contributed by atoms with Crippen LogP contribution in [0.3, 0.4) is 0 Å². The van der Waals surface area contributed by atoms with Crippen LogP contribution < -0.4 is 20.1 Å². The highest BCUT2D eigenvalue weighted by Crippen LogP contribution is 2.38. The Balaban J connectivity index is 1.73. The summed E-state index contributed by atoms with van der Waals surface area (Å²) >= 11 is 1.28. The van der Waals surface area contributed by atoms with Gasteiger partial charge in [0.1, 0.15) is 11.1 Å². The van der Waals surface area contributed by atoms with Gasteiger partial charge in [-0.05, 0) is 50.1 Å². The van der Waals surface area contributed by atoms with Crippen LogP contribution in [0.25, 0.3) is 0 Å². The van der Waals surface area contributed by atoms with Crippen LogP contribution in [0.5, 0.6) is 11.5 Å². The Hall–Kier alpha value is -3.71. The summed E-state index contributed by atoms with van der Waals surface area (Å²) in [6.07, 6.45) is 0. The summed E-state index contributed by atoms with van der Waals surface area (Å²) in [6, 6.07) is 8.08. The molecule has 0 unspecified atom stereocenters. The van der Waals surface area contributed by atoms with E-state index in [2.05, 4.69) is 21.7 Å². The van der Waals surface area contributed by atoms with Crippen LogP contribution in [0.15, 0.2) is 40.6 Å². The fourth-order valence-electron chi connectivity index (χ4n) is 3.71. The van der Waals surface area contributed by atoms with E-state index in [1.807, 2.05) is 19.9 Å². The molecule has 9 nitrogen and oxygen atoms in total. The number of esters is 1. The van der Waals surface area contributed by atoms with E-state index in [-0.39, 0.29) is 24.7 Å². The average molecular weight is 467 g/mol. The summed E-state index contributed by atoms with van der Waals surface area (Å²) in [4.78, 5) is 30.0. The number of fused-ring (bicyclic) bond motifs is 1. The van der Waals surface area contributed by atoms with Gasteiger partial charge < -0.3 is 24.8 Å². The molecule has 0 spiro atoms. The molecule has 0 aliphatic carbocycles. The zero-order chi connectivity index (χ0) is 23.5. The maximum Gasteiger partial charge on any atom is 0.338 e. The molecule has 0 fully saturated rings. The quantitative estimate of drug-likeness (QED) is 0.491. The Morgan fingerprint density at radius 1 is 1.30 bits per heavy atom. The molecular formula is C23H22N4O5S. The summed E-state index contributed by atoms with van der Waals surface area (Å²) in [5.41, 5.74) is 3.40. The topological polar surface area (TPSA) is 123 Å². The Labute approximate surface area is 195 Å². The summed E-state index contributed by atoms with van der Waals surface area (Å²) in [5.74, 6) is 0.809. The Morgan fingerprint density at radius 2 is 2.09 bits per heavy atom. The molecule has 2 aromatic rings. The third-order valence-corrected chi connectivity index (χ3v) is 6.16. The van der Waals surface area contributed by atoms with Crippen LogP contribution in [0.1, 0.15) is 35.3 Å². The number of aromatic nitrogens is 1. The SMILES string of the molecule is CCOC(=O)C1=C(CSc2nc(C)cc(C)c2C#N)NC(=O)N[C@@H]1c1ccc2c(c1)OCO2. The molecule has 1 atom stereocenters. The van der Waals surface area contributed by atoms with Crippen LogP contribution in [-0.2, 0) is 9.53 Å². The van der Waals surface area contributed by atoms with Gasteiger partial charge in [-0.25, -0.2) is 14.6 Å². The third-order valence-electron chi connectivity index (χ3n) is 5.16. The number of hydrogen-bond acceptors (Lipinski definition) is 8. The molecule has 1 aromatic heterocycles. The number of urea groups is 1. The lowest BCUT2D eigenvalue weighted by molar-refractivity contribution is -0.139. The molecule has 0 radical (unpaired) electrons. The van der Waals surface area contributed by atoms with E-state index in [0.29, 0.717) is 33.3 Å². The lowest BCUT2D eigenvalue weighted by Gasteiger charge is -2.29. The molecule has 0 bridgehead atoms. The average Bonchev–Trinajstić information content (AvgIpc) is 3.25. The van der Waals surface area contributed by atoms with Gasteiger partial charge in [-0.2, -0.15) is 5.26 Å². The van der Waals surface area contributed by atoms with Gasteiger partial charge in [0.2, 0.25) is 6.79 Å². The van der Waals surface area contributed by atoms with Gasteiger partial charge in [0.05, 0.1) is 23.8 Å². The molecule has 170 valence electrons. The first-order valence-electron chi connectivity index (χ1n) is 10.3. The van der Waals surface area contributed by atoms with E-state index >= 15 is 0 Å². The number of nitrogens with one attached hydrogen (secondary N) is 2. The first kappa shape index (κ1) is 22.5. The summed E-state index contributed by atoms with van der Waals surface area (Å²) in [6.45, 7) is 5.72. The number of nitriles is 1. The number of benzene rings is 1.